The van der Waals surface area contributed by atoms with Crippen molar-refractivity contribution in [3.05, 3.63) is 59.7 Å². The highest BCUT2D eigenvalue weighted by atomic mass is 16.6. The predicted molar refractivity (Wildman–Crippen MR) is 125 cm³/mol. The molecule has 1 saturated carbocycles. The van der Waals surface area contributed by atoms with Crippen molar-refractivity contribution in [2.24, 2.45) is 5.92 Å². The number of nitrogens with one attached hydrogen (secondary N) is 1. The van der Waals surface area contributed by atoms with E-state index in [1.807, 2.05) is 6.07 Å². The average molecular weight is 435 g/mol. The fourth-order valence-corrected chi connectivity index (χ4v) is 5.66. The summed E-state index contributed by atoms with van der Waals surface area (Å²) in [6.07, 6.45) is 6.38. The van der Waals surface area contributed by atoms with Gasteiger partial charge in [0, 0.05) is 31.5 Å². The van der Waals surface area contributed by atoms with Crippen LogP contribution < -0.4 is 14.8 Å². The van der Waals surface area contributed by atoms with E-state index in [0.717, 1.165) is 50.4 Å². The lowest BCUT2D eigenvalue weighted by Crippen LogP contribution is -2.39. The van der Waals surface area contributed by atoms with E-state index in [2.05, 4.69) is 52.7 Å². The van der Waals surface area contributed by atoms with Crippen LogP contribution in [0.1, 0.15) is 49.7 Å². The lowest BCUT2D eigenvalue weighted by atomic mass is 9.78. The Morgan fingerprint density at radius 1 is 1.03 bits per heavy atom. The van der Waals surface area contributed by atoms with Gasteiger partial charge in [-0.1, -0.05) is 49.2 Å². The second kappa shape index (κ2) is 9.53. The van der Waals surface area contributed by atoms with Gasteiger partial charge in [-0.15, -0.1) is 0 Å². The topological polar surface area (TPSA) is 50.8 Å². The zero-order chi connectivity index (χ0) is 21.8. The molecule has 0 bridgehead atoms. The van der Waals surface area contributed by atoms with Crippen molar-refractivity contribution in [1.82, 2.24) is 10.2 Å². The molecule has 3 aliphatic rings. The highest BCUT2D eigenvalue weighted by molar-refractivity contribution is 5.76. The van der Waals surface area contributed by atoms with Crippen LogP contribution >= 0.6 is 0 Å². The van der Waals surface area contributed by atoms with E-state index in [1.165, 1.54) is 24.0 Å². The van der Waals surface area contributed by atoms with Crippen LogP contribution in [0.5, 0.6) is 11.5 Å². The van der Waals surface area contributed by atoms with E-state index in [1.54, 1.807) is 0 Å². The Morgan fingerprint density at radius 3 is 2.62 bits per heavy atom. The number of benzene rings is 2. The van der Waals surface area contributed by atoms with E-state index in [-0.39, 0.29) is 11.3 Å². The average Bonchev–Trinajstić information content (AvgIpc) is 3.48. The summed E-state index contributed by atoms with van der Waals surface area (Å²) < 4.78 is 11.5. The summed E-state index contributed by atoms with van der Waals surface area (Å²) in [6, 6.07) is 17.0. The maximum Gasteiger partial charge on any atom is 0.220 e. The van der Waals surface area contributed by atoms with E-state index >= 15 is 0 Å². The maximum absolute atomic E-state index is 12.9. The Bertz CT molecular complexity index is 924. The molecule has 1 N–H and O–H groups in total. The van der Waals surface area contributed by atoms with Gasteiger partial charge in [0.25, 0.3) is 0 Å². The first-order valence-electron chi connectivity index (χ1n) is 12.1. The van der Waals surface area contributed by atoms with Crippen LogP contribution in [0, 0.1) is 5.92 Å². The quantitative estimate of drug-likeness (QED) is 0.706. The number of ether oxygens (including phenoxy) is 2. The van der Waals surface area contributed by atoms with Gasteiger partial charge in [0.05, 0.1) is 0 Å². The number of likely N-dealkylation sites (tertiary alicyclic amines) is 1. The molecule has 5 nitrogen and oxygen atoms in total. The van der Waals surface area contributed by atoms with Crippen LogP contribution in [0.4, 0.5) is 0 Å². The first-order chi connectivity index (χ1) is 15.7. The minimum absolute atomic E-state index is 0.0144. The normalized spacial score (nSPS) is 22.1. The van der Waals surface area contributed by atoms with E-state index in [9.17, 15) is 4.79 Å². The third-order valence-corrected chi connectivity index (χ3v) is 7.43. The monoisotopic (exact) mass is 434 g/mol. The Balaban J connectivity index is 1.16. The Labute approximate surface area is 191 Å². The molecule has 170 valence electrons. The van der Waals surface area contributed by atoms with Crippen molar-refractivity contribution >= 4 is 5.91 Å². The molecular formula is C27H34N2O3. The summed E-state index contributed by atoms with van der Waals surface area (Å²) >= 11 is 0. The van der Waals surface area contributed by atoms with Gasteiger partial charge in [0.15, 0.2) is 11.5 Å². The van der Waals surface area contributed by atoms with E-state index < -0.39 is 0 Å². The minimum Gasteiger partial charge on any atom is -0.486 e. The molecule has 0 aromatic heterocycles. The van der Waals surface area contributed by atoms with Gasteiger partial charge < -0.3 is 14.8 Å². The molecule has 5 rings (SSSR count). The lowest BCUT2D eigenvalue weighted by Gasteiger charge is -2.31. The minimum atomic E-state index is 0.0144. The lowest BCUT2D eigenvalue weighted by molar-refractivity contribution is -0.122. The number of carbonyl (C=O) groups excluding carboxylic acids is 1. The van der Waals surface area contributed by atoms with Crippen molar-refractivity contribution in [3.8, 4) is 11.5 Å². The number of hydrogen-bond acceptors (Lipinski definition) is 4. The first kappa shape index (κ1) is 21.3. The van der Waals surface area contributed by atoms with Gasteiger partial charge in [0.1, 0.15) is 13.2 Å². The summed E-state index contributed by atoms with van der Waals surface area (Å²) in [5.41, 5.74) is 2.63. The molecule has 2 aromatic carbocycles. The largest absolute Gasteiger partial charge is 0.486 e. The molecule has 0 radical (unpaired) electrons. The number of fused-ring (bicyclic) bond motifs is 1. The van der Waals surface area contributed by atoms with Crippen molar-refractivity contribution in [2.75, 3.05) is 32.8 Å². The molecule has 1 saturated heterocycles. The zero-order valence-electron chi connectivity index (χ0n) is 18.9. The molecule has 2 heterocycles. The number of hydrogen-bond donors (Lipinski definition) is 1. The van der Waals surface area contributed by atoms with E-state index in [4.69, 9.17) is 9.47 Å². The summed E-state index contributed by atoms with van der Waals surface area (Å²) in [5, 5.41) is 3.31. The van der Waals surface area contributed by atoms with Gasteiger partial charge in [-0.25, -0.2) is 0 Å². The highest BCUT2D eigenvalue weighted by Gasteiger charge is 2.37. The molecule has 5 heteroatoms. The number of amides is 1. The summed E-state index contributed by atoms with van der Waals surface area (Å²) in [7, 11) is 0. The molecular weight excluding hydrogens is 400 g/mol. The Hall–Kier alpha value is -2.53. The number of nitrogens with zero attached hydrogens (tertiary/aromatic N) is 1. The van der Waals surface area contributed by atoms with Crippen LogP contribution in [0.2, 0.25) is 0 Å². The first-order valence-corrected chi connectivity index (χ1v) is 12.1. The predicted octanol–water partition coefficient (Wildman–Crippen LogP) is 4.30. The maximum atomic E-state index is 12.9. The molecule has 2 aliphatic heterocycles. The third kappa shape index (κ3) is 4.78. The summed E-state index contributed by atoms with van der Waals surface area (Å²) in [6.45, 7) is 4.99. The van der Waals surface area contributed by atoms with E-state index in [0.29, 0.717) is 32.1 Å². The summed E-state index contributed by atoms with van der Waals surface area (Å²) in [5.74, 6) is 2.32. The molecule has 1 unspecified atom stereocenters. The molecule has 1 atom stereocenters. The number of rotatable bonds is 7. The van der Waals surface area contributed by atoms with Crippen LogP contribution in [-0.4, -0.2) is 43.7 Å². The van der Waals surface area contributed by atoms with Crippen molar-refractivity contribution in [2.45, 2.75) is 50.5 Å². The van der Waals surface area contributed by atoms with Crippen molar-refractivity contribution < 1.29 is 14.3 Å². The van der Waals surface area contributed by atoms with Crippen LogP contribution in [0.25, 0.3) is 0 Å². The SMILES string of the molecule is O=C(CC1CCN(Cc2ccccc2)C1)NCC1(c2ccc3c(c2)OCCO3)CCCC1. The zero-order valence-corrected chi connectivity index (χ0v) is 18.9. The summed E-state index contributed by atoms with van der Waals surface area (Å²) in [4.78, 5) is 15.3. The van der Waals surface area contributed by atoms with Crippen LogP contribution in [-0.2, 0) is 16.8 Å². The molecule has 2 fully saturated rings. The smallest absolute Gasteiger partial charge is 0.220 e. The highest BCUT2D eigenvalue weighted by Crippen LogP contribution is 2.43. The van der Waals surface area contributed by atoms with Gasteiger partial charge in [-0.2, -0.15) is 0 Å². The van der Waals surface area contributed by atoms with Crippen molar-refractivity contribution in [1.29, 1.82) is 0 Å². The molecule has 2 aromatic rings. The van der Waals surface area contributed by atoms with Crippen molar-refractivity contribution in [3.63, 3.8) is 0 Å². The Kier molecular flexibility index (Phi) is 6.35. The van der Waals surface area contributed by atoms with Gasteiger partial charge in [-0.3, -0.25) is 9.69 Å². The van der Waals surface area contributed by atoms with Crippen LogP contribution in [0.3, 0.4) is 0 Å². The Morgan fingerprint density at radius 2 is 1.81 bits per heavy atom. The standard InChI is InChI=1S/C27H34N2O3/c30-26(16-22-10-13-29(19-22)18-21-6-2-1-3-7-21)28-20-27(11-4-5-12-27)23-8-9-24-25(17-23)32-15-14-31-24/h1-3,6-9,17,22H,4-5,10-16,18-20H2,(H,28,30). The fraction of sp³-hybridized carbons (Fsp3) is 0.519. The molecule has 0 spiro atoms. The molecule has 1 amide bonds. The second-order valence-electron chi connectivity index (χ2n) is 9.70. The fourth-order valence-electron chi connectivity index (χ4n) is 5.66. The van der Waals surface area contributed by atoms with Gasteiger partial charge >= 0.3 is 0 Å². The molecule has 32 heavy (non-hydrogen) atoms. The van der Waals surface area contributed by atoms with Gasteiger partial charge in [0.2, 0.25) is 5.91 Å². The number of carbonyl (C=O) groups is 1. The van der Waals surface area contributed by atoms with Crippen LogP contribution in [0.15, 0.2) is 48.5 Å². The second-order valence-corrected chi connectivity index (χ2v) is 9.70. The third-order valence-electron chi connectivity index (χ3n) is 7.43. The van der Waals surface area contributed by atoms with Gasteiger partial charge in [-0.05, 0) is 55.0 Å². The molecule has 1 aliphatic carbocycles.